The molecule has 0 spiro atoms. The van der Waals surface area contributed by atoms with Gasteiger partial charge in [0.2, 0.25) is 0 Å². The molecule has 0 atom stereocenters. The van der Waals surface area contributed by atoms with E-state index in [1.54, 1.807) is 0 Å². The first-order chi connectivity index (χ1) is 22.3. The van der Waals surface area contributed by atoms with Crippen LogP contribution in [0.25, 0.3) is 97.9 Å². The van der Waals surface area contributed by atoms with Gasteiger partial charge in [-0.3, -0.25) is 0 Å². The molecule has 0 saturated carbocycles. The number of fused-ring (bicyclic) bond motifs is 9. The molecule has 0 bridgehead atoms. The Morgan fingerprint density at radius 1 is 0.267 bits per heavy atom. The zero-order chi connectivity index (χ0) is 29.5. The van der Waals surface area contributed by atoms with Crippen molar-refractivity contribution in [3.05, 3.63) is 158 Å². The minimum Gasteiger partial charge on any atom is -0.354 e. The minimum atomic E-state index is 1.16. The third kappa shape index (κ3) is 3.62. The van der Waals surface area contributed by atoms with Crippen LogP contribution in [0.5, 0.6) is 0 Å². The van der Waals surface area contributed by atoms with Crippen molar-refractivity contribution in [2.24, 2.45) is 0 Å². The van der Waals surface area contributed by atoms with Crippen LogP contribution in [-0.4, -0.2) is 4.98 Å². The van der Waals surface area contributed by atoms with E-state index in [2.05, 4.69) is 163 Å². The highest BCUT2D eigenvalue weighted by Gasteiger charge is 2.18. The lowest BCUT2D eigenvalue weighted by Crippen LogP contribution is -1.91. The van der Waals surface area contributed by atoms with E-state index >= 15 is 0 Å². The second kappa shape index (κ2) is 9.29. The number of hydrogen-bond acceptors (Lipinski definition) is 0. The molecule has 0 saturated heterocycles. The average molecular weight is 570 g/mol. The van der Waals surface area contributed by atoms with Crippen LogP contribution in [-0.2, 0) is 0 Å². The molecule has 0 fully saturated rings. The maximum absolute atomic E-state index is 3.74. The first kappa shape index (κ1) is 24.5. The minimum absolute atomic E-state index is 1.16. The molecule has 45 heavy (non-hydrogen) atoms. The fraction of sp³-hybridized carbons (Fsp3) is 0. The van der Waals surface area contributed by atoms with E-state index in [0.717, 1.165) is 5.52 Å². The van der Waals surface area contributed by atoms with Gasteiger partial charge < -0.3 is 4.98 Å². The van der Waals surface area contributed by atoms with Crippen LogP contribution in [0.3, 0.4) is 0 Å². The van der Waals surface area contributed by atoms with Crippen molar-refractivity contribution in [2.45, 2.75) is 0 Å². The van der Waals surface area contributed by atoms with Crippen molar-refractivity contribution in [3.8, 4) is 22.3 Å². The largest absolute Gasteiger partial charge is 0.354 e. The number of benzene rings is 9. The van der Waals surface area contributed by atoms with Gasteiger partial charge in [0, 0.05) is 21.8 Å². The molecule has 1 heteroatoms. The summed E-state index contributed by atoms with van der Waals surface area (Å²) in [6.45, 7) is 0. The molecule has 0 amide bonds. The maximum Gasteiger partial charge on any atom is 0.0471 e. The van der Waals surface area contributed by atoms with Gasteiger partial charge in [-0.05, 0) is 100 Å². The van der Waals surface area contributed by atoms with Gasteiger partial charge in [-0.1, -0.05) is 133 Å². The van der Waals surface area contributed by atoms with Crippen LogP contribution in [0.2, 0.25) is 0 Å². The number of hydrogen-bond donors (Lipinski definition) is 1. The van der Waals surface area contributed by atoms with Gasteiger partial charge in [-0.2, -0.15) is 0 Å². The van der Waals surface area contributed by atoms with Crippen LogP contribution >= 0.6 is 0 Å². The number of H-pyrrole nitrogens is 1. The Morgan fingerprint density at radius 3 is 1.40 bits per heavy atom. The summed E-state index contributed by atoms with van der Waals surface area (Å²) < 4.78 is 0. The summed E-state index contributed by atoms with van der Waals surface area (Å²) in [5, 5.41) is 15.3. The SMILES string of the molecule is c1ccc2cc3c(cc2c1)[nH]c1cc(-c2c4ccccc4c(-c4ccc5c(ccc6ccccc65)c4)c4ccccc24)ccc13. The molecule has 1 nitrogen and oxygen atoms in total. The van der Waals surface area contributed by atoms with Crippen molar-refractivity contribution in [3.63, 3.8) is 0 Å². The van der Waals surface area contributed by atoms with E-state index in [-0.39, 0.29) is 0 Å². The Kier molecular flexibility index (Phi) is 5.06. The molecule has 10 aromatic rings. The molecule has 1 N–H and O–H groups in total. The van der Waals surface area contributed by atoms with E-state index in [0.29, 0.717) is 0 Å². The summed E-state index contributed by atoms with van der Waals surface area (Å²) in [5.41, 5.74) is 7.38. The number of aromatic amines is 1. The maximum atomic E-state index is 3.74. The number of rotatable bonds is 2. The van der Waals surface area contributed by atoms with Gasteiger partial charge in [0.25, 0.3) is 0 Å². The van der Waals surface area contributed by atoms with Gasteiger partial charge in [0.05, 0.1) is 0 Å². The van der Waals surface area contributed by atoms with E-state index in [1.165, 1.54) is 92.4 Å². The zero-order valence-electron chi connectivity index (χ0n) is 24.5. The quantitative estimate of drug-likeness (QED) is 0.157. The second-order valence-corrected chi connectivity index (χ2v) is 12.2. The highest BCUT2D eigenvalue weighted by Crippen LogP contribution is 2.45. The van der Waals surface area contributed by atoms with Gasteiger partial charge in [-0.15, -0.1) is 0 Å². The normalized spacial score (nSPS) is 12.0. The molecule has 0 unspecified atom stereocenters. The van der Waals surface area contributed by atoms with Crippen LogP contribution < -0.4 is 0 Å². The number of nitrogens with one attached hydrogen (secondary N) is 1. The molecular formula is C44H27N. The lowest BCUT2D eigenvalue weighted by atomic mass is 9.85. The first-order valence-electron chi connectivity index (χ1n) is 15.6. The summed E-state index contributed by atoms with van der Waals surface area (Å²) in [5.74, 6) is 0. The van der Waals surface area contributed by atoms with E-state index in [1.807, 2.05) is 0 Å². The van der Waals surface area contributed by atoms with Gasteiger partial charge in [0.15, 0.2) is 0 Å². The summed E-state index contributed by atoms with van der Waals surface area (Å²) in [6, 6.07) is 58.1. The van der Waals surface area contributed by atoms with Crippen molar-refractivity contribution < 1.29 is 0 Å². The average Bonchev–Trinajstić information content (AvgIpc) is 3.45. The highest BCUT2D eigenvalue weighted by molar-refractivity contribution is 6.23. The predicted molar refractivity (Wildman–Crippen MR) is 194 cm³/mol. The van der Waals surface area contributed by atoms with Crippen molar-refractivity contribution >= 4 is 75.7 Å². The van der Waals surface area contributed by atoms with Gasteiger partial charge in [-0.25, -0.2) is 0 Å². The fourth-order valence-corrected chi connectivity index (χ4v) is 7.67. The number of aromatic nitrogens is 1. The van der Waals surface area contributed by atoms with Gasteiger partial charge in [0.1, 0.15) is 0 Å². The third-order valence-corrected chi connectivity index (χ3v) is 9.72. The topological polar surface area (TPSA) is 15.8 Å². The summed E-state index contributed by atoms with van der Waals surface area (Å²) in [6.07, 6.45) is 0. The fourth-order valence-electron chi connectivity index (χ4n) is 7.67. The second-order valence-electron chi connectivity index (χ2n) is 12.2. The molecule has 1 heterocycles. The summed E-state index contributed by atoms with van der Waals surface area (Å²) in [4.78, 5) is 3.74. The van der Waals surface area contributed by atoms with E-state index in [4.69, 9.17) is 0 Å². The van der Waals surface area contributed by atoms with Crippen LogP contribution in [0.4, 0.5) is 0 Å². The predicted octanol–water partition coefficient (Wildman–Crippen LogP) is 12.4. The Bertz CT molecular complexity index is 2760. The Labute approximate surface area is 260 Å². The molecule has 9 aromatic carbocycles. The zero-order valence-corrected chi connectivity index (χ0v) is 24.5. The lowest BCUT2D eigenvalue weighted by molar-refractivity contribution is 1.55. The van der Waals surface area contributed by atoms with Crippen molar-refractivity contribution in [1.82, 2.24) is 4.98 Å². The molecule has 1 aromatic heterocycles. The lowest BCUT2D eigenvalue weighted by Gasteiger charge is -2.18. The molecule has 0 aliphatic rings. The standard InChI is InChI=1S/C44H27N/c1-2-11-29-25-42-40(24-28(29)10-1)35-22-20-32(26-41(35)45-42)44-38-15-7-5-13-36(38)43(37-14-6-8-16-39(37)44)31-19-21-34-30(23-31)18-17-27-9-3-4-12-33(27)34/h1-26,45H. The molecule has 0 radical (unpaired) electrons. The smallest absolute Gasteiger partial charge is 0.0471 e. The molecule has 0 aliphatic carbocycles. The third-order valence-electron chi connectivity index (χ3n) is 9.72. The summed E-state index contributed by atoms with van der Waals surface area (Å²) >= 11 is 0. The molecule has 208 valence electrons. The Morgan fingerprint density at radius 2 is 0.733 bits per heavy atom. The van der Waals surface area contributed by atoms with Crippen LogP contribution in [0.1, 0.15) is 0 Å². The Balaban J connectivity index is 1.24. The molecule has 10 rings (SSSR count). The van der Waals surface area contributed by atoms with E-state index in [9.17, 15) is 0 Å². The summed E-state index contributed by atoms with van der Waals surface area (Å²) in [7, 11) is 0. The highest BCUT2D eigenvalue weighted by atomic mass is 14.7. The Hall–Kier alpha value is -5.92. The molecule has 0 aliphatic heterocycles. The first-order valence-corrected chi connectivity index (χ1v) is 15.6. The molecular weight excluding hydrogens is 542 g/mol. The van der Waals surface area contributed by atoms with Crippen LogP contribution in [0.15, 0.2) is 158 Å². The van der Waals surface area contributed by atoms with Gasteiger partial charge >= 0.3 is 0 Å². The monoisotopic (exact) mass is 569 g/mol. The van der Waals surface area contributed by atoms with E-state index < -0.39 is 0 Å². The van der Waals surface area contributed by atoms with Crippen molar-refractivity contribution in [1.29, 1.82) is 0 Å². The van der Waals surface area contributed by atoms with Crippen LogP contribution in [0, 0.1) is 0 Å². The van der Waals surface area contributed by atoms with Crippen molar-refractivity contribution in [2.75, 3.05) is 0 Å².